The molecular formula is C28H28O. The Morgan fingerprint density at radius 2 is 1.00 bits per heavy atom. The number of fused-ring (bicyclic) bond motifs is 4. The normalized spacial score (nSPS) is 13.5. The summed E-state index contributed by atoms with van der Waals surface area (Å²) in [7, 11) is 0. The van der Waals surface area contributed by atoms with Crippen molar-refractivity contribution in [2.75, 3.05) is 0 Å². The van der Waals surface area contributed by atoms with E-state index in [0.717, 1.165) is 37.5 Å². The van der Waals surface area contributed by atoms with Crippen LogP contribution in [0.25, 0.3) is 12.2 Å². The van der Waals surface area contributed by atoms with Crippen molar-refractivity contribution in [2.24, 2.45) is 0 Å². The highest BCUT2D eigenvalue weighted by Gasteiger charge is 2.14. The van der Waals surface area contributed by atoms with Crippen molar-refractivity contribution >= 4 is 18.4 Å². The van der Waals surface area contributed by atoms with E-state index >= 15 is 0 Å². The minimum atomic E-state index is 0.809. The van der Waals surface area contributed by atoms with Crippen molar-refractivity contribution in [3.8, 4) is 0 Å². The Morgan fingerprint density at radius 3 is 1.45 bits per heavy atom. The van der Waals surface area contributed by atoms with Gasteiger partial charge in [-0.2, -0.15) is 0 Å². The molecule has 1 heteroatoms. The summed E-state index contributed by atoms with van der Waals surface area (Å²) in [5.41, 5.74) is 12.9. The van der Waals surface area contributed by atoms with Crippen LogP contribution < -0.4 is 0 Å². The number of carbonyl (C=O) groups excluding carboxylic acids is 1. The lowest BCUT2D eigenvalue weighted by atomic mass is 9.86. The second-order valence-electron chi connectivity index (χ2n) is 8.29. The molecule has 4 bridgehead atoms. The van der Waals surface area contributed by atoms with Gasteiger partial charge in [-0.3, -0.25) is 4.79 Å². The van der Waals surface area contributed by atoms with Gasteiger partial charge in [-0.25, -0.2) is 0 Å². The van der Waals surface area contributed by atoms with E-state index in [1.807, 2.05) is 0 Å². The van der Waals surface area contributed by atoms with Gasteiger partial charge >= 0.3 is 0 Å². The van der Waals surface area contributed by atoms with E-state index in [2.05, 4.69) is 81.5 Å². The van der Waals surface area contributed by atoms with E-state index in [4.69, 9.17) is 0 Å². The molecule has 1 nitrogen and oxygen atoms in total. The highest BCUT2D eigenvalue weighted by atomic mass is 16.1. The maximum absolute atomic E-state index is 11.4. The maximum Gasteiger partial charge on any atom is 0.150 e. The van der Waals surface area contributed by atoms with Gasteiger partial charge in [0.2, 0.25) is 0 Å². The summed E-state index contributed by atoms with van der Waals surface area (Å²) in [6.45, 7) is 6.58. The highest BCUT2D eigenvalue weighted by molar-refractivity contribution is 5.76. The summed E-state index contributed by atoms with van der Waals surface area (Å²) in [5, 5.41) is 0. The van der Waals surface area contributed by atoms with Crippen molar-refractivity contribution in [3.63, 3.8) is 0 Å². The molecule has 29 heavy (non-hydrogen) atoms. The van der Waals surface area contributed by atoms with Gasteiger partial charge in [0.1, 0.15) is 6.29 Å². The zero-order chi connectivity index (χ0) is 20.4. The number of aryl methyl sites for hydroxylation is 5. The molecule has 4 rings (SSSR count). The van der Waals surface area contributed by atoms with Crippen LogP contribution in [-0.2, 0) is 25.7 Å². The van der Waals surface area contributed by atoms with Crippen LogP contribution in [0.1, 0.15) is 60.4 Å². The smallest absolute Gasteiger partial charge is 0.150 e. The molecule has 0 aliphatic heterocycles. The van der Waals surface area contributed by atoms with Crippen LogP contribution in [-0.4, -0.2) is 6.29 Å². The number of carbonyl (C=O) groups is 1. The monoisotopic (exact) mass is 380 g/mol. The fraction of sp³-hybridized carbons (Fsp3) is 0.250. The van der Waals surface area contributed by atoms with Gasteiger partial charge in [-0.05, 0) is 103 Å². The molecule has 0 heterocycles. The molecule has 0 spiro atoms. The average molecular weight is 381 g/mol. The third-order valence-electron chi connectivity index (χ3n) is 6.30. The molecule has 1 aliphatic carbocycles. The standard InChI is InChI=1S/C28H28O/c1-19-4-6-22(7-5-19)8-9-23-14-25-10-12-27-16-24(18-29)17-28(21(27)3)13-11-26(15-23)20(25)2/h4-9,14-18H,10-13H2,1-3H3/b9-8+. The summed E-state index contributed by atoms with van der Waals surface area (Å²) in [6.07, 6.45) is 9.39. The van der Waals surface area contributed by atoms with Crippen LogP contribution >= 0.6 is 0 Å². The minimum Gasteiger partial charge on any atom is -0.298 e. The largest absolute Gasteiger partial charge is 0.298 e. The van der Waals surface area contributed by atoms with Crippen LogP contribution in [0.2, 0.25) is 0 Å². The lowest BCUT2D eigenvalue weighted by molar-refractivity contribution is 0.112. The Labute approximate surface area is 174 Å². The molecule has 1 aliphatic rings. The summed E-state index contributed by atoms with van der Waals surface area (Å²) in [4.78, 5) is 11.4. The van der Waals surface area contributed by atoms with Crippen molar-refractivity contribution in [1.29, 1.82) is 0 Å². The molecule has 0 saturated carbocycles. The molecule has 0 amide bonds. The van der Waals surface area contributed by atoms with Gasteiger partial charge in [-0.1, -0.05) is 54.1 Å². The number of benzene rings is 3. The molecule has 0 radical (unpaired) electrons. The van der Waals surface area contributed by atoms with E-state index in [9.17, 15) is 4.79 Å². The number of hydrogen-bond acceptors (Lipinski definition) is 1. The average Bonchev–Trinajstić information content (AvgIpc) is 2.73. The fourth-order valence-corrected chi connectivity index (χ4v) is 4.35. The quantitative estimate of drug-likeness (QED) is 0.375. The van der Waals surface area contributed by atoms with E-state index in [0.29, 0.717) is 0 Å². The Morgan fingerprint density at radius 1 is 0.586 bits per heavy atom. The van der Waals surface area contributed by atoms with Crippen LogP contribution in [0.4, 0.5) is 0 Å². The van der Waals surface area contributed by atoms with Crippen molar-refractivity contribution in [3.05, 3.63) is 104 Å². The SMILES string of the molecule is Cc1ccc(/C=C/c2cc3c(C)c(c2)CCc2cc(C=O)cc(c2C)CC3)cc1. The van der Waals surface area contributed by atoms with Gasteiger partial charge in [-0.15, -0.1) is 0 Å². The fourth-order valence-electron chi connectivity index (χ4n) is 4.35. The third kappa shape index (κ3) is 4.24. The zero-order valence-corrected chi connectivity index (χ0v) is 17.6. The third-order valence-corrected chi connectivity index (χ3v) is 6.30. The lowest BCUT2D eigenvalue weighted by Crippen LogP contribution is -2.07. The first-order valence-corrected chi connectivity index (χ1v) is 10.5. The van der Waals surface area contributed by atoms with Crippen molar-refractivity contribution in [1.82, 2.24) is 0 Å². The highest BCUT2D eigenvalue weighted by Crippen LogP contribution is 2.27. The Bertz CT molecular complexity index is 1030. The topological polar surface area (TPSA) is 17.1 Å². The number of rotatable bonds is 3. The zero-order valence-electron chi connectivity index (χ0n) is 17.6. The number of hydrogen-bond donors (Lipinski definition) is 0. The molecule has 0 atom stereocenters. The second-order valence-corrected chi connectivity index (χ2v) is 8.29. The predicted octanol–water partition coefficient (Wildman–Crippen LogP) is 6.48. The molecule has 0 fully saturated rings. The Hall–Kier alpha value is -2.93. The molecule has 3 aromatic carbocycles. The summed E-state index contributed by atoms with van der Waals surface area (Å²) < 4.78 is 0. The molecule has 3 aromatic rings. The molecule has 146 valence electrons. The molecule has 0 N–H and O–H groups in total. The molecule has 0 unspecified atom stereocenters. The van der Waals surface area contributed by atoms with Crippen LogP contribution in [0.15, 0.2) is 48.5 Å². The summed E-state index contributed by atoms with van der Waals surface area (Å²) in [6, 6.07) is 17.5. The van der Waals surface area contributed by atoms with E-state index in [-0.39, 0.29) is 0 Å². The lowest BCUT2D eigenvalue weighted by Gasteiger charge is -2.19. The minimum absolute atomic E-state index is 0.809. The molecule has 0 aromatic heterocycles. The van der Waals surface area contributed by atoms with Crippen LogP contribution in [0.5, 0.6) is 0 Å². The van der Waals surface area contributed by atoms with Gasteiger partial charge in [0.25, 0.3) is 0 Å². The number of aldehydes is 1. The predicted molar refractivity (Wildman–Crippen MR) is 123 cm³/mol. The first-order valence-electron chi connectivity index (χ1n) is 10.5. The summed E-state index contributed by atoms with van der Waals surface area (Å²) in [5.74, 6) is 0. The Kier molecular flexibility index (Phi) is 5.49. The van der Waals surface area contributed by atoms with Crippen molar-refractivity contribution < 1.29 is 4.79 Å². The van der Waals surface area contributed by atoms with Gasteiger partial charge in [0, 0.05) is 5.56 Å². The Balaban J connectivity index is 1.68. The van der Waals surface area contributed by atoms with E-state index in [1.54, 1.807) is 0 Å². The van der Waals surface area contributed by atoms with Crippen molar-refractivity contribution in [2.45, 2.75) is 46.5 Å². The second kappa shape index (κ2) is 8.21. The first-order chi connectivity index (χ1) is 14.0. The van der Waals surface area contributed by atoms with Crippen LogP contribution in [0.3, 0.4) is 0 Å². The van der Waals surface area contributed by atoms with Gasteiger partial charge in [0.15, 0.2) is 0 Å². The van der Waals surface area contributed by atoms with Crippen LogP contribution in [0, 0.1) is 20.8 Å². The van der Waals surface area contributed by atoms with E-state index < -0.39 is 0 Å². The maximum atomic E-state index is 11.4. The van der Waals surface area contributed by atoms with Gasteiger partial charge in [0.05, 0.1) is 0 Å². The molecular weight excluding hydrogens is 352 g/mol. The van der Waals surface area contributed by atoms with E-state index in [1.165, 1.54) is 50.1 Å². The summed E-state index contributed by atoms with van der Waals surface area (Å²) >= 11 is 0. The van der Waals surface area contributed by atoms with Gasteiger partial charge < -0.3 is 0 Å². The first kappa shape index (κ1) is 19.4. The molecule has 0 saturated heterocycles.